The first-order valence-electron chi connectivity index (χ1n) is 8.26. The van der Waals surface area contributed by atoms with Crippen LogP contribution in [0.5, 0.6) is 5.75 Å². The van der Waals surface area contributed by atoms with Gasteiger partial charge in [-0.05, 0) is 49.5 Å². The quantitative estimate of drug-likeness (QED) is 0.823. The van der Waals surface area contributed by atoms with Crippen LogP contribution < -0.4 is 9.46 Å². The lowest BCUT2D eigenvalue weighted by Crippen LogP contribution is -2.45. The minimum atomic E-state index is -3.46. The summed E-state index contributed by atoms with van der Waals surface area (Å²) in [5, 5.41) is 0. The van der Waals surface area contributed by atoms with Crippen LogP contribution in [0.2, 0.25) is 0 Å². The predicted octanol–water partition coefficient (Wildman–Crippen LogP) is 2.65. The number of methoxy groups -OCH3 is 1. The summed E-state index contributed by atoms with van der Waals surface area (Å²) in [5.41, 5.74) is 0.829. The molecule has 0 saturated heterocycles. The van der Waals surface area contributed by atoms with Gasteiger partial charge in [-0.1, -0.05) is 12.1 Å². The van der Waals surface area contributed by atoms with Crippen molar-refractivity contribution in [3.8, 4) is 5.75 Å². The second-order valence-corrected chi connectivity index (χ2v) is 8.33. The summed E-state index contributed by atoms with van der Waals surface area (Å²) in [6, 6.07) is 7.31. The van der Waals surface area contributed by atoms with Crippen LogP contribution in [-0.4, -0.2) is 31.1 Å². The van der Waals surface area contributed by atoms with Crippen molar-refractivity contribution < 1.29 is 13.2 Å². The Bertz CT molecular complexity index is 821. The Labute approximate surface area is 148 Å². The average Bonchev–Trinajstić information content (AvgIpc) is 3.06. The van der Waals surface area contributed by atoms with E-state index in [0.717, 1.165) is 30.7 Å². The highest BCUT2D eigenvalue weighted by molar-refractivity contribution is 7.93. The third-order valence-electron chi connectivity index (χ3n) is 4.50. The van der Waals surface area contributed by atoms with Crippen molar-refractivity contribution in [2.75, 3.05) is 7.11 Å². The topological polar surface area (TPSA) is 73.2 Å². The van der Waals surface area contributed by atoms with E-state index < -0.39 is 10.0 Å². The third-order valence-corrected chi connectivity index (χ3v) is 6.10. The lowest BCUT2D eigenvalue weighted by atomic mass is 9.81. The summed E-state index contributed by atoms with van der Waals surface area (Å²) >= 11 is 0. The largest absolute Gasteiger partial charge is 0.497 e. The number of rotatable bonds is 7. The van der Waals surface area contributed by atoms with E-state index >= 15 is 0 Å². The van der Waals surface area contributed by atoms with Gasteiger partial charge in [0.05, 0.1) is 18.3 Å². The lowest BCUT2D eigenvalue weighted by molar-refractivity contribution is 0.220. The molecule has 7 heteroatoms. The van der Waals surface area contributed by atoms with E-state index in [2.05, 4.69) is 9.71 Å². The van der Waals surface area contributed by atoms with Crippen LogP contribution in [0, 0.1) is 5.92 Å². The maximum absolute atomic E-state index is 12.5. The van der Waals surface area contributed by atoms with Crippen molar-refractivity contribution >= 4 is 16.1 Å². The van der Waals surface area contributed by atoms with Crippen LogP contribution in [0.1, 0.15) is 25.3 Å². The fraction of sp³-hybridized carbons (Fsp3) is 0.389. The number of hydrogen-bond acceptors (Lipinski definition) is 4. The van der Waals surface area contributed by atoms with Crippen molar-refractivity contribution in [3.05, 3.63) is 53.5 Å². The zero-order valence-corrected chi connectivity index (χ0v) is 15.2. The number of nitrogens with zero attached hydrogens (tertiary/aromatic N) is 2. The minimum absolute atomic E-state index is 0.0118. The van der Waals surface area contributed by atoms with Crippen molar-refractivity contribution in [1.82, 2.24) is 14.3 Å². The fourth-order valence-corrected chi connectivity index (χ4v) is 4.11. The van der Waals surface area contributed by atoms with Gasteiger partial charge >= 0.3 is 0 Å². The number of ether oxygens (including phenoxy) is 1. The van der Waals surface area contributed by atoms with Gasteiger partial charge in [-0.2, -0.15) is 0 Å². The van der Waals surface area contributed by atoms with Crippen molar-refractivity contribution in [3.63, 3.8) is 0 Å². The molecule has 134 valence electrons. The first kappa shape index (κ1) is 17.7. The normalized spacial score (nSPS) is 21.0. The molecule has 3 rings (SSSR count). The van der Waals surface area contributed by atoms with E-state index in [1.807, 2.05) is 35.0 Å². The molecule has 0 aliphatic heterocycles. The number of sulfonamides is 1. The number of imidazole rings is 1. The van der Waals surface area contributed by atoms with Crippen molar-refractivity contribution in [1.29, 1.82) is 0 Å². The minimum Gasteiger partial charge on any atom is -0.497 e. The molecule has 1 N–H and O–H groups in total. The van der Waals surface area contributed by atoms with Gasteiger partial charge in [-0.3, -0.25) is 0 Å². The number of allylic oxidation sites excluding steroid dienone is 1. The van der Waals surface area contributed by atoms with Crippen LogP contribution >= 0.6 is 0 Å². The van der Waals surface area contributed by atoms with Gasteiger partial charge in [0.2, 0.25) is 10.0 Å². The molecule has 0 atom stereocenters. The molecule has 2 aromatic rings. The van der Waals surface area contributed by atoms with Gasteiger partial charge in [0.25, 0.3) is 0 Å². The maximum Gasteiger partial charge on any atom is 0.236 e. The average molecular weight is 361 g/mol. The van der Waals surface area contributed by atoms with Gasteiger partial charge in [0.15, 0.2) is 0 Å². The Hall–Kier alpha value is -2.12. The van der Waals surface area contributed by atoms with Crippen LogP contribution in [-0.2, 0) is 16.6 Å². The fourth-order valence-electron chi connectivity index (χ4n) is 3.00. The summed E-state index contributed by atoms with van der Waals surface area (Å²) in [5.74, 6) is 1.24. The van der Waals surface area contributed by atoms with Crippen molar-refractivity contribution in [2.45, 2.75) is 32.4 Å². The summed E-state index contributed by atoms with van der Waals surface area (Å²) in [7, 11) is -1.86. The molecule has 0 radical (unpaired) electrons. The molecule has 1 aromatic heterocycles. The number of benzene rings is 1. The van der Waals surface area contributed by atoms with E-state index in [1.165, 1.54) is 0 Å². The summed E-state index contributed by atoms with van der Waals surface area (Å²) in [6.07, 6.45) is 8.86. The second kappa shape index (κ2) is 7.41. The zero-order valence-electron chi connectivity index (χ0n) is 14.4. The highest BCUT2D eigenvalue weighted by atomic mass is 32.2. The molecule has 1 aromatic carbocycles. The van der Waals surface area contributed by atoms with Gasteiger partial charge in [-0.25, -0.2) is 18.1 Å². The lowest BCUT2D eigenvalue weighted by Gasteiger charge is -2.35. The molecule has 6 nitrogen and oxygen atoms in total. The monoisotopic (exact) mass is 361 g/mol. The molecule has 25 heavy (non-hydrogen) atoms. The first-order chi connectivity index (χ1) is 12.0. The molecular weight excluding hydrogens is 338 g/mol. The first-order valence-corrected chi connectivity index (χ1v) is 9.75. The summed E-state index contributed by atoms with van der Waals surface area (Å²) in [4.78, 5) is 4.34. The molecule has 1 heterocycles. The molecule has 1 saturated carbocycles. The molecular formula is C18H23N3O3S. The Morgan fingerprint density at radius 1 is 1.36 bits per heavy atom. The number of hydrogen-bond donors (Lipinski definition) is 1. The number of nitrogens with one attached hydrogen (secondary N) is 1. The van der Waals surface area contributed by atoms with E-state index in [-0.39, 0.29) is 6.04 Å². The van der Waals surface area contributed by atoms with E-state index in [1.54, 1.807) is 32.6 Å². The highest BCUT2D eigenvalue weighted by Gasteiger charge is 2.32. The SMILES string of the molecule is COc1ccc(/C=C(\C)S(=O)(=O)NC2CC(Cn3ccnc3)C2)cc1. The molecule has 1 aliphatic carbocycles. The summed E-state index contributed by atoms with van der Waals surface area (Å²) in [6.45, 7) is 2.51. The van der Waals surface area contributed by atoms with Gasteiger partial charge < -0.3 is 9.30 Å². The molecule has 1 fully saturated rings. The Morgan fingerprint density at radius 2 is 2.08 bits per heavy atom. The van der Waals surface area contributed by atoms with Crippen LogP contribution in [0.4, 0.5) is 0 Å². The Balaban J connectivity index is 1.55. The molecule has 0 amide bonds. The maximum atomic E-state index is 12.5. The second-order valence-electron chi connectivity index (χ2n) is 6.44. The predicted molar refractivity (Wildman–Crippen MR) is 97.4 cm³/mol. The van der Waals surface area contributed by atoms with E-state index in [0.29, 0.717) is 10.8 Å². The van der Waals surface area contributed by atoms with Gasteiger partial charge in [0.1, 0.15) is 5.75 Å². The Kier molecular flexibility index (Phi) is 5.24. The van der Waals surface area contributed by atoms with Crippen molar-refractivity contribution in [2.24, 2.45) is 5.92 Å². The highest BCUT2D eigenvalue weighted by Crippen LogP contribution is 2.30. The van der Waals surface area contributed by atoms with Crippen LogP contribution in [0.3, 0.4) is 0 Å². The number of aromatic nitrogens is 2. The third kappa shape index (κ3) is 4.49. The zero-order chi connectivity index (χ0) is 17.9. The van der Waals surface area contributed by atoms with Gasteiger partial charge in [0, 0.05) is 25.0 Å². The van der Waals surface area contributed by atoms with Gasteiger partial charge in [-0.15, -0.1) is 0 Å². The molecule has 0 spiro atoms. The summed E-state index contributed by atoms with van der Waals surface area (Å²) < 4.78 is 34.9. The molecule has 1 aliphatic rings. The standard InChI is InChI=1S/C18H23N3O3S/c1-14(9-15-3-5-18(24-2)6-4-15)25(22,23)20-17-10-16(11-17)12-21-8-7-19-13-21/h3-9,13,16-17,20H,10-12H2,1-2H3/b14-9+. The molecule has 0 bridgehead atoms. The van der Waals surface area contributed by atoms with Crippen LogP contribution in [0.25, 0.3) is 6.08 Å². The van der Waals surface area contributed by atoms with E-state index in [9.17, 15) is 8.42 Å². The molecule has 0 unspecified atom stereocenters. The Morgan fingerprint density at radius 3 is 2.68 bits per heavy atom. The smallest absolute Gasteiger partial charge is 0.236 e. The van der Waals surface area contributed by atoms with Crippen LogP contribution in [0.15, 0.2) is 47.9 Å². The van der Waals surface area contributed by atoms with E-state index in [4.69, 9.17) is 4.74 Å².